The summed E-state index contributed by atoms with van der Waals surface area (Å²) in [6, 6.07) is 5.60. The van der Waals surface area contributed by atoms with Crippen molar-refractivity contribution in [3.8, 4) is 0 Å². The average Bonchev–Trinajstić information content (AvgIpc) is 2.86. The van der Waals surface area contributed by atoms with Crippen molar-refractivity contribution in [2.45, 2.75) is 6.42 Å². The molecule has 20 heavy (non-hydrogen) atoms. The van der Waals surface area contributed by atoms with Crippen LogP contribution in [-0.2, 0) is 16.0 Å². The summed E-state index contributed by atoms with van der Waals surface area (Å²) in [7, 11) is 1.31. The van der Waals surface area contributed by atoms with Crippen LogP contribution in [0.25, 0.3) is 17.0 Å². The summed E-state index contributed by atoms with van der Waals surface area (Å²) in [4.78, 5) is 24.4. The lowest BCUT2D eigenvalue weighted by Gasteiger charge is -2.01. The van der Waals surface area contributed by atoms with E-state index in [4.69, 9.17) is 0 Å². The summed E-state index contributed by atoms with van der Waals surface area (Å²) in [6.45, 7) is -0.123. The molecule has 1 aromatic carbocycles. The number of aromatic amines is 1. The van der Waals surface area contributed by atoms with Gasteiger partial charge in [0.1, 0.15) is 0 Å². The Bertz CT molecular complexity index is 673. The van der Waals surface area contributed by atoms with Crippen molar-refractivity contribution in [3.05, 3.63) is 51.7 Å². The van der Waals surface area contributed by atoms with Crippen LogP contribution in [0.5, 0.6) is 0 Å². The van der Waals surface area contributed by atoms with Gasteiger partial charge in [0.15, 0.2) is 0 Å². The summed E-state index contributed by atoms with van der Waals surface area (Å²) < 4.78 is 4.55. The Morgan fingerprint density at radius 1 is 1.50 bits per heavy atom. The highest BCUT2D eigenvalue weighted by Gasteiger charge is 2.09. The maximum Gasteiger partial charge on any atom is 0.330 e. The number of esters is 1. The van der Waals surface area contributed by atoms with Gasteiger partial charge in [-0.2, -0.15) is 0 Å². The van der Waals surface area contributed by atoms with Crippen LogP contribution in [0.4, 0.5) is 0 Å². The molecule has 0 aliphatic heterocycles. The highest BCUT2D eigenvalue weighted by Crippen LogP contribution is 2.24. The van der Waals surface area contributed by atoms with E-state index in [1.807, 2.05) is 18.2 Å². The first-order chi connectivity index (χ1) is 9.61. The second-order valence-corrected chi connectivity index (χ2v) is 4.25. The standard InChI is InChI=1S/C14H14N2O4/c1-20-13(17)6-5-10-3-2-4-12-14(10)11(9-15-12)7-8-16(18)19/h2-6,9,15H,7-8H2,1H3/b6-5+. The number of fused-ring (bicyclic) bond motifs is 1. The molecule has 0 amide bonds. The van der Waals surface area contributed by atoms with E-state index in [0.29, 0.717) is 6.42 Å². The molecular weight excluding hydrogens is 260 g/mol. The molecule has 0 radical (unpaired) electrons. The third-order valence-electron chi connectivity index (χ3n) is 2.98. The van der Waals surface area contributed by atoms with Gasteiger partial charge in [0.25, 0.3) is 0 Å². The van der Waals surface area contributed by atoms with E-state index < -0.39 is 5.97 Å². The average molecular weight is 274 g/mol. The maximum atomic E-state index is 11.2. The molecule has 1 N–H and O–H groups in total. The highest BCUT2D eigenvalue weighted by atomic mass is 16.6. The number of carbonyl (C=O) groups is 1. The number of aromatic nitrogens is 1. The van der Waals surface area contributed by atoms with Gasteiger partial charge in [0.2, 0.25) is 6.54 Å². The van der Waals surface area contributed by atoms with Gasteiger partial charge in [-0.3, -0.25) is 10.1 Å². The summed E-state index contributed by atoms with van der Waals surface area (Å²) in [6.07, 6.45) is 5.09. The third-order valence-corrected chi connectivity index (χ3v) is 2.98. The van der Waals surface area contributed by atoms with Crippen LogP contribution in [0.15, 0.2) is 30.5 Å². The Morgan fingerprint density at radius 2 is 2.30 bits per heavy atom. The number of methoxy groups -OCH3 is 1. The largest absolute Gasteiger partial charge is 0.466 e. The van der Waals surface area contributed by atoms with Crippen molar-refractivity contribution in [2.75, 3.05) is 13.7 Å². The molecule has 104 valence electrons. The molecule has 2 aromatic rings. The number of hydrogen-bond acceptors (Lipinski definition) is 4. The fourth-order valence-electron chi connectivity index (χ4n) is 2.06. The quantitative estimate of drug-likeness (QED) is 0.392. The Labute approximate surface area is 115 Å². The summed E-state index contributed by atoms with van der Waals surface area (Å²) in [5.41, 5.74) is 2.57. The predicted octanol–water partition coefficient (Wildman–Crippen LogP) is 2.17. The minimum absolute atomic E-state index is 0.123. The Balaban J connectivity index is 2.38. The van der Waals surface area contributed by atoms with Crippen LogP contribution in [0, 0.1) is 10.1 Å². The number of benzene rings is 1. The zero-order chi connectivity index (χ0) is 14.5. The minimum Gasteiger partial charge on any atom is -0.466 e. The molecule has 6 nitrogen and oxygen atoms in total. The number of ether oxygens (including phenoxy) is 1. The fraction of sp³-hybridized carbons (Fsp3) is 0.214. The molecule has 0 saturated carbocycles. The number of nitrogens with one attached hydrogen (secondary N) is 1. The van der Waals surface area contributed by atoms with E-state index in [1.165, 1.54) is 13.2 Å². The molecule has 0 unspecified atom stereocenters. The zero-order valence-electron chi connectivity index (χ0n) is 11.0. The summed E-state index contributed by atoms with van der Waals surface area (Å²) >= 11 is 0. The smallest absolute Gasteiger partial charge is 0.330 e. The topological polar surface area (TPSA) is 85.2 Å². The summed E-state index contributed by atoms with van der Waals surface area (Å²) in [5.74, 6) is -0.440. The fourth-order valence-corrected chi connectivity index (χ4v) is 2.06. The summed E-state index contributed by atoms with van der Waals surface area (Å²) in [5, 5.41) is 11.4. The molecule has 1 aromatic heterocycles. The van der Waals surface area contributed by atoms with Gasteiger partial charge in [-0.05, 0) is 23.3 Å². The monoisotopic (exact) mass is 274 g/mol. The van der Waals surface area contributed by atoms with Crippen LogP contribution in [-0.4, -0.2) is 29.5 Å². The number of rotatable bonds is 5. The lowest BCUT2D eigenvalue weighted by Crippen LogP contribution is -2.03. The number of carbonyl (C=O) groups excluding carboxylic acids is 1. The van der Waals surface area contributed by atoms with E-state index in [9.17, 15) is 14.9 Å². The van der Waals surface area contributed by atoms with E-state index in [1.54, 1.807) is 12.3 Å². The van der Waals surface area contributed by atoms with Crippen LogP contribution in [0.1, 0.15) is 11.1 Å². The van der Waals surface area contributed by atoms with Gasteiger partial charge >= 0.3 is 5.97 Å². The van der Waals surface area contributed by atoms with Crippen molar-refractivity contribution in [1.29, 1.82) is 0 Å². The number of hydrogen-bond donors (Lipinski definition) is 1. The first-order valence-corrected chi connectivity index (χ1v) is 6.08. The Morgan fingerprint density at radius 3 is 3.00 bits per heavy atom. The molecule has 0 saturated heterocycles. The first kappa shape index (κ1) is 13.8. The Kier molecular flexibility index (Phi) is 4.14. The van der Waals surface area contributed by atoms with E-state index in [2.05, 4.69) is 9.72 Å². The van der Waals surface area contributed by atoms with E-state index >= 15 is 0 Å². The van der Waals surface area contributed by atoms with Crippen molar-refractivity contribution in [2.24, 2.45) is 0 Å². The molecule has 0 spiro atoms. The van der Waals surface area contributed by atoms with Crippen molar-refractivity contribution in [1.82, 2.24) is 4.98 Å². The lowest BCUT2D eigenvalue weighted by atomic mass is 10.0. The molecule has 0 aliphatic rings. The Hall–Kier alpha value is -2.63. The number of H-pyrrole nitrogens is 1. The molecule has 0 atom stereocenters. The van der Waals surface area contributed by atoms with Crippen LogP contribution in [0.3, 0.4) is 0 Å². The van der Waals surface area contributed by atoms with Gasteiger partial charge < -0.3 is 9.72 Å². The molecule has 0 bridgehead atoms. The first-order valence-electron chi connectivity index (χ1n) is 6.08. The molecular formula is C14H14N2O4. The van der Waals surface area contributed by atoms with Gasteiger partial charge in [-0.1, -0.05) is 12.1 Å². The van der Waals surface area contributed by atoms with Gasteiger partial charge in [-0.25, -0.2) is 4.79 Å². The molecule has 0 aliphatic carbocycles. The molecule has 6 heteroatoms. The molecule has 2 rings (SSSR count). The van der Waals surface area contributed by atoms with Crippen molar-refractivity contribution < 1.29 is 14.5 Å². The second kappa shape index (κ2) is 6.01. The van der Waals surface area contributed by atoms with Gasteiger partial charge in [0.05, 0.1) is 7.11 Å². The van der Waals surface area contributed by atoms with Gasteiger partial charge in [0, 0.05) is 34.5 Å². The van der Waals surface area contributed by atoms with Crippen LogP contribution < -0.4 is 0 Å². The van der Waals surface area contributed by atoms with E-state index in [-0.39, 0.29) is 11.5 Å². The van der Waals surface area contributed by atoms with Gasteiger partial charge in [-0.15, -0.1) is 0 Å². The normalized spacial score (nSPS) is 11.1. The highest BCUT2D eigenvalue weighted by molar-refractivity contribution is 5.95. The van der Waals surface area contributed by atoms with Crippen molar-refractivity contribution >= 4 is 22.9 Å². The van der Waals surface area contributed by atoms with E-state index in [0.717, 1.165) is 22.0 Å². The second-order valence-electron chi connectivity index (χ2n) is 4.25. The third kappa shape index (κ3) is 3.03. The minimum atomic E-state index is -0.440. The molecule has 0 fully saturated rings. The van der Waals surface area contributed by atoms with Crippen LogP contribution >= 0.6 is 0 Å². The predicted molar refractivity (Wildman–Crippen MR) is 74.9 cm³/mol. The van der Waals surface area contributed by atoms with Crippen LogP contribution in [0.2, 0.25) is 0 Å². The molecule has 1 heterocycles. The van der Waals surface area contributed by atoms with Crippen molar-refractivity contribution in [3.63, 3.8) is 0 Å². The lowest BCUT2D eigenvalue weighted by molar-refractivity contribution is -0.479. The SMILES string of the molecule is COC(=O)/C=C/c1cccc2[nH]cc(CC[N+](=O)[O-])c12. The number of nitrogens with zero attached hydrogens (tertiary/aromatic N) is 1. The number of nitro groups is 1. The maximum absolute atomic E-state index is 11.2. The zero-order valence-corrected chi connectivity index (χ0v) is 11.0.